The lowest BCUT2D eigenvalue weighted by Gasteiger charge is -2.20. The Kier molecular flexibility index (Phi) is 4.29. The zero-order chi connectivity index (χ0) is 16.5. The van der Waals surface area contributed by atoms with Gasteiger partial charge in [-0.25, -0.2) is 4.98 Å². The van der Waals surface area contributed by atoms with Crippen molar-refractivity contribution in [3.8, 4) is 0 Å². The average Bonchev–Trinajstić information content (AvgIpc) is 2.97. The third-order valence-corrected chi connectivity index (χ3v) is 5.17. The molecule has 0 unspecified atom stereocenters. The molecule has 1 fully saturated rings. The van der Waals surface area contributed by atoms with Crippen molar-refractivity contribution in [1.82, 2.24) is 15.3 Å². The van der Waals surface area contributed by atoms with E-state index in [1.807, 2.05) is 24.3 Å². The van der Waals surface area contributed by atoms with E-state index in [9.17, 15) is 4.79 Å². The minimum atomic E-state index is -0.0870. The molecular formula is C18H20ClN3O2. The van der Waals surface area contributed by atoms with Crippen molar-refractivity contribution in [2.45, 2.75) is 31.1 Å². The van der Waals surface area contributed by atoms with Crippen LogP contribution in [0.4, 0.5) is 0 Å². The molecule has 3 heterocycles. The third kappa shape index (κ3) is 3.06. The minimum Gasteiger partial charge on any atom is -0.381 e. The summed E-state index contributed by atoms with van der Waals surface area (Å²) >= 11 is 5.98. The van der Waals surface area contributed by atoms with Gasteiger partial charge in [0.1, 0.15) is 11.5 Å². The summed E-state index contributed by atoms with van der Waals surface area (Å²) < 4.78 is 5.42. The number of hydrogen-bond donors (Lipinski definition) is 2. The Hall–Kier alpha value is -1.85. The fraction of sp³-hybridized carbons (Fsp3) is 0.444. The Balaban J connectivity index is 1.61. The summed E-state index contributed by atoms with van der Waals surface area (Å²) in [6.07, 6.45) is 2.68. The number of imidazole rings is 1. The number of rotatable bonds is 2. The number of hydrogen-bond acceptors (Lipinski definition) is 3. The van der Waals surface area contributed by atoms with Gasteiger partial charge in [-0.1, -0.05) is 23.7 Å². The molecular weight excluding hydrogens is 326 g/mol. The van der Waals surface area contributed by atoms with Crippen LogP contribution in [0.2, 0.25) is 5.02 Å². The number of aromatic amines is 1. The first-order valence-corrected chi connectivity index (χ1v) is 8.78. The van der Waals surface area contributed by atoms with Crippen molar-refractivity contribution in [2.24, 2.45) is 0 Å². The number of fused-ring (bicyclic) bond motifs is 1. The molecule has 0 spiro atoms. The summed E-state index contributed by atoms with van der Waals surface area (Å²) in [4.78, 5) is 20.4. The highest BCUT2D eigenvalue weighted by molar-refractivity contribution is 6.30. The first kappa shape index (κ1) is 15.7. The number of H-pyrrole nitrogens is 1. The molecule has 2 aliphatic heterocycles. The van der Waals surface area contributed by atoms with E-state index in [-0.39, 0.29) is 11.8 Å². The Bertz CT molecular complexity index is 735. The van der Waals surface area contributed by atoms with Gasteiger partial charge in [0.25, 0.3) is 5.91 Å². The van der Waals surface area contributed by atoms with Crippen LogP contribution in [-0.4, -0.2) is 35.6 Å². The predicted octanol–water partition coefficient (Wildman–Crippen LogP) is 3.03. The molecule has 0 bridgehead atoms. The molecule has 1 aromatic carbocycles. The fourth-order valence-corrected chi connectivity index (χ4v) is 3.64. The van der Waals surface area contributed by atoms with Crippen LogP contribution in [-0.2, 0) is 11.2 Å². The molecule has 4 rings (SSSR count). The average molecular weight is 346 g/mol. The van der Waals surface area contributed by atoms with Gasteiger partial charge in [-0.15, -0.1) is 0 Å². The van der Waals surface area contributed by atoms with Crippen molar-refractivity contribution >= 4 is 17.5 Å². The number of benzene rings is 1. The minimum absolute atomic E-state index is 0.0870. The highest BCUT2D eigenvalue weighted by atomic mass is 35.5. The second-order valence-corrected chi connectivity index (χ2v) is 6.93. The SMILES string of the molecule is O=C1NC[C@@H](c2ccc(Cl)cc2)Cc2[nH]c(C3CCOCC3)nc21. The van der Waals surface area contributed by atoms with Crippen LogP contribution in [0.3, 0.4) is 0 Å². The molecule has 5 nitrogen and oxygen atoms in total. The lowest BCUT2D eigenvalue weighted by Crippen LogP contribution is -2.26. The number of halogens is 1. The van der Waals surface area contributed by atoms with E-state index in [1.54, 1.807) is 0 Å². The molecule has 1 atom stereocenters. The fourth-order valence-electron chi connectivity index (χ4n) is 3.52. The summed E-state index contributed by atoms with van der Waals surface area (Å²) in [6, 6.07) is 7.84. The lowest BCUT2D eigenvalue weighted by atomic mass is 9.94. The second-order valence-electron chi connectivity index (χ2n) is 6.50. The van der Waals surface area contributed by atoms with E-state index in [1.165, 1.54) is 5.56 Å². The molecule has 1 amide bonds. The summed E-state index contributed by atoms with van der Waals surface area (Å²) in [5.74, 6) is 1.41. The van der Waals surface area contributed by atoms with Gasteiger partial charge in [-0.3, -0.25) is 4.79 Å². The molecule has 126 valence electrons. The Morgan fingerprint density at radius 1 is 1.12 bits per heavy atom. The smallest absolute Gasteiger partial charge is 0.271 e. The number of aromatic nitrogens is 2. The topological polar surface area (TPSA) is 67.0 Å². The van der Waals surface area contributed by atoms with Crippen LogP contribution >= 0.6 is 11.6 Å². The van der Waals surface area contributed by atoms with Crippen LogP contribution in [0.15, 0.2) is 24.3 Å². The van der Waals surface area contributed by atoms with Crippen LogP contribution in [0.1, 0.15) is 52.2 Å². The van der Waals surface area contributed by atoms with E-state index in [0.717, 1.165) is 49.0 Å². The molecule has 1 aromatic heterocycles. The summed E-state index contributed by atoms with van der Waals surface area (Å²) in [5.41, 5.74) is 2.66. The van der Waals surface area contributed by atoms with Crippen molar-refractivity contribution in [1.29, 1.82) is 0 Å². The van der Waals surface area contributed by atoms with Gasteiger partial charge in [0.2, 0.25) is 0 Å². The van der Waals surface area contributed by atoms with E-state index >= 15 is 0 Å². The first-order valence-electron chi connectivity index (χ1n) is 8.41. The highest BCUT2D eigenvalue weighted by Gasteiger charge is 2.28. The zero-order valence-corrected chi connectivity index (χ0v) is 14.1. The van der Waals surface area contributed by atoms with Gasteiger partial charge >= 0.3 is 0 Å². The molecule has 1 saturated heterocycles. The van der Waals surface area contributed by atoms with Gasteiger partial charge in [0, 0.05) is 42.3 Å². The van der Waals surface area contributed by atoms with E-state index in [4.69, 9.17) is 16.3 Å². The third-order valence-electron chi connectivity index (χ3n) is 4.92. The zero-order valence-electron chi connectivity index (χ0n) is 13.3. The standard InChI is InChI=1S/C18H20ClN3O2/c19-14-3-1-11(2-4-14)13-9-15-16(18(23)20-10-13)22-17(21-15)12-5-7-24-8-6-12/h1-4,12-13H,5-10H2,(H,20,23)(H,21,22)/t13-/m0/s1. The van der Waals surface area contributed by atoms with Crippen molar-refractivity contribution in [3.05, 3.63) is 52.1 Å². The van der Waals surface area contributed by atoms with Crippen LogP contribution in [0, 0.1) is 0 Å². The van der Waals surface area contributed by atoms with Crippen molar-refractivity contribution in [3.63, 3.8) is 0 Å². The van der Waals surface area contributed by atoms with Crippen LogP contribution < -0.4 is 5.32 Å². The largest absolute Gasteiger partial charge is 0.381 e. The van der Waals surface area contributed by atoms with E-state index in [0.29, 0.717) is 18.2 Å². The maximum Gasteiger partial charge on any atom is 0.271 e. The maximum absolute atomic E-state index is 12.4. The van der Waals surface area contributed by atoms with Crippen LogP contribution in [0.25, 0.3) is 0 Å². The maximum atomic E-state index is 12.4. The normalized spacial score (nSPS) is 21.9. The molecule has 2 aliphatic rings. The number of nitrogens with zero attached hydrogens (tertiary/aromatic N) is 1. The number of carbonyl (C=O) groups excluding carboxylic acids is 1. The summed E-state index contributed by atoms with van der Waals surface area (Å²) in [7, 11) is 0. The molecule has 24 heavy (non-hydrogen) atoms. The number of amides is 1. The van der Waals surface area contributed by atoms with Gasteiger partial charge in [-0.2, -0.15) is 0 Å². The molecule has 0 aliphatic carbocycles. The molecule has 2 aromatic rings. The summed E-state index contributed by atoms with van der Waals surface area (Å²) in [6.45, 7) is 2.13. The molecule has 0 saturated carbocycles. The number of nitrogens with one attached hydrogen (secondary N) is 2. The number of ether oxygens (including phenoxy) is 1. The lowest BCUT2D eigenvalue weighted by molar-refractivity contribution is 0.0836. The molecule has 0 radical (unpaired) electrons. The Morgan fingerprint density at radius 3 is 2.62 bits per heavy atom. The van der Waals surface area contributed by atoms with Gasteiger partial charge in [0.05, 0.1) is 0 Å². The quantitative estimate of drug-likeness (QED) is 0.879. The number of carbonyl (C=O) groups is 1. The second kappa shape index (κ2) is 6.57. The molecule has 6 heteroatoms. The van der Waals surface area contributed by atoms with E-state index < -0.39 is 0 Å². The van der Waals surface area contributed by atoms with E-state index in [2.05, 4.69) is 15.3 Å². The van der Waals surface area contributed by atoms with Crippen molar-refractivity contribution < 1.29 is 9.53 Å². The van der Waals surface area contributed by atoms with Crippen molar-refractivity contribution in [2.75, 3.05) is 19.8 Å². The van der Waals surface area contributed by atoms with Crippen LogP contribution in [0.5, 0.6) is 0 Å². The van der Waals surface area contributed by atoms with Gasteiger partial charge in [0.15, 0.2) is 0 Å². The predicted molar refractivity (Wildman–Crippen MR) is 91.6 cm³/mol. The molecule has 2 N–H and O–H groups in total. The highest BCUT2D eigenvalue weighted by Crippen LogP contribution is 2.29. The van der Waals surface area contributed by atoms with Gasteiger partial charge < -0.3 is 15.0 Å². The first-order chi connectivity index (χ1) is 11.7. The Labute approximate surface area is 145 Å². The Morgan fingerprint density at radius 2 is 1.88 bits per heavy atom. The summed E-state index contributed by atoms with van der Waals surface area (Å²) in [5, 5.41) is 3.72. The van der Waals surface area contributed by atoms with Gasteiger partial charge in [-0.05, 0) is 37.0 Å². The monoisotopic (exact) mass is 345 g/mol.